The number of aromatic carboxylic acids is 1. The first-order valence-electron chi connectivity index (χ1n) is 17.4. The number of carboxylic acid groups (broad SMARTS) is 1. The lowest BCUT2D eigenvalue weighted by molar-refractivity contribution is 0.0696. The molecule has 0 bridgehead atoms. The first kappa shape index (κ1) is 38.0. The number of aryl methyl sites for hydroxylation is 1. The van der Waals surface area contributed by atoms with Gasteiger partial charge in [0.05, 0.1) is 32.0 Å². The molecule has 274 valence electrons. The summed E-state index contributed by atoms with van der Waals surface area (Å²) in [6, 6.07) is 25.8. The highest BCUT2D eigenvalue weighted by Crippen LogP contribution is 2.37. The van der Waals surface area contributed by atoms with E-state index in [0.29, 0.717) is 41.3 Å². The van der Waals surface area contributed by atoms with Crippen LogP contribution >= 0.6 is 0 Å². The van der Waals surface area contributed by atoms with Gasteiger partial charge in [0.2, 0.25) is 5.95 Å². The maximum absolute atomic E-state index is 12.3. The number of methoxy groups -OCH3 is 2. The van der Waals surface area contributed by atoms with E-state index in [9.17, 15) is 14.7 Å². The van der Waals surface area contributed by atoms with E-state index >= 15 is 0 Å². The third-order valence-electron chi connectivity index (χ3n) is 9.19. The normalized spacial score (nSPS) is 12.4. The third-order valence-corrected chi connectivity index (χ3v) is 14.2. The molecule has 0 fully saturated rings. The molecular weight excluding hydrogens is 677 g/mol. The van der Waals surface area contributed by atoms with Gasteiger partial charge in [0, 0.05) is 18.2 Å². The third kappa shape index (κ3) is 8.10. The Morgan fingerprint density at radius 1 is 0.942 bits per heavy atom. The highest BCUT2D eigenvalue weighted by molar-refractivity contribution is 6.99. The van der Waals surface area contributed by atoms with Gasteiger partial charge in [0.1, 0.15) is 16.8 Å². The number of hydrogen-bond donors (Lipinski definition) is 3. The summed E-state index contributed by atoms with van der Waals surface area (Å²) in [6.07, 6.45) is 1.72. The first-order valence-corrected chi connectivity index (χ1v) is 19.3. The predicted octanol–water partition coefficient (Wildman–Crippen LogP) is 6.62. The smallest absolute Gasteiger partial charge is 0.413 e. The largest absolute Gasteiger partial charge is 0.496 e. The van der Waals surface area contributed by atoms with Gasteiger partial charge in [0.25, 0.3) is 8.32 Å². The molecule has 13 heteroatoms. The Kier molecular flexibility index (Phi) is 12.0. The number of anilines is 2. The van der Waals surface area contributed by atoms with Gasteiger partial charge in [-0.25, -0.2) is 14.6 Å². The number of carboxylic acids is 1. The van der Waals surface area contributed by atoms with Crippen LogP contribution in [0.3, 0.4) is 0 Å². The Hall–Kier alpha value is -5.27. The molecule has 0 aliphatic heterocycles. The number of aromatic nitrogens is 4. The van der Waals surface area contributed by atoms with Crippen LogP contribution in [0.15, 0.2) is 78.9 Å². The number of benzene rings is 3. The van der Waals surface area contributed by atoms with Crippen LogP contribution in [0.5, 0.6) is 5.75 Å². The molecule has 12 nitrogen and oxygen atoms in total. The van der Waals surface area contributed by atoms with Crippen LogP contribution in [0.4, 0.5) is 16.6 Å². The predicted molar refractivity (Wildman–Crippen MR) is 206 cm³/mol. The molecule has 2 heterocycles. The summed E-state index contributed by atoms with van der Waals surface area (Å²) in [4.78, 5) is 33.3. The highest BCUT2D eigenvalue weighted by atomic mass is 28.4. The monoisotopic (exact) mass is 724 g/mol. The summed E-state index contributed by atoms with van der Waals surface area (Å²) in [5.74, 6) is -0.0599. The SMILES string of the molecule is CCCC(CCO[Si](c1ccccc1)(c1ccccc1)C(C)(C)C)Nc1nc(NC(=O)OC)nc2c(C)nn(Cc3ccc(C(=O)O)cc3OC)c12. The zero-order valence-electron chi connectivity index (χ0n) is 30.9. The van der Waals surface area contributed by atoms with E-state index in [1.165, 1.54) is 36.7 Å². The minimum atomic E-state index is -2.75. The topological polar surface area (TPSA) is 150 Å². The molecular formula is C39H48N6O6Si. The number of carbonyl (C=O) groups excluding carboxylic acids is 1. The summed E-state index contributed by atoms with van der Waals surface area (Å²) >= 11 is 0. The fraction of sp³-hybridized carbons (Fsp3) is 0.359. The lowest BCUT2D eigenvalue weighted by Crippen LogP contribution is -2.66. The van der Waals surface area contributed by atoms with Gasteiger partial charge in [-0.2, -0.15) is 10.1 Å². The molecule has 0 spiro atoms. The Bertz CT molecular complexity index is 1960. The van der Waals surface area contributed by atoms with E-state index in [-0.39, 0.29) is 29.1 Å². The van der Waals surface area contributed by atoms with E-state index in [0.717, 1.165) is 18.4 Å². The van der Waals surface area contributed by atoms with E-state index in [4.69, 9.17) is 24.0 Å². The average molecular weight is 725 g/mol. The Labute approximate surface area is 305 Å². The molecule has 5 rings (SSSR count). The summed E-state index contributed by atoms with van der Waals surface area (Å²) in [5, 5.41) is 22.9. The molecule has 2 aromatic heterocycles. The van der Waals surface area contributed by atoms with Gasteiger partial charge in [-0.3, -0.25) is 10.00 Å². The van der Waals surface area contributed by atoms with E-state index in [2.05, 4.69) is 91.8 Å². The molecule has 5 aromatic rings. The van der Waals surface area contributed by atoms with Crippen molar-refractivity contribution in [3.63, 3.8) is 0 Å². The Morgan fingerprint density at radius 3 is 2.15 bits per heavy atom. The van der Waals surface area contributed by atoms with Crippen LogP contribution in [-0.4, -0.2) is 72.1 Å². The van der Waals surface area contributed by atoms with Crippen LogP contribution in [0.1, 0.15) is 68.6 Å². The quantitative estimate of drug-likeness (QED) is 0.101. The maximum Gasteiger partial charge on any atom is 0.413 e. The zero-order chi connectivity index (χ0) is 37.5. The summed E-state index contributed by atoms with van der Waals surface area (Å²) in [5.41, 5.74) is 2.64. The van der Waals surface area contributed by atoms with Gasteiger partial charge >= 0.3 is 12.1 Å². The fourth-order valence-corrected chi connectivity index (χ4v) is 11.3. The van der Waals surface area contributed by atoms with Crippen molar-refractivity contribution >= 4 is 53.6 Å². The second kappa shape index (κ2) is 16.4. The van der Waals surface area contributed by atoms with Gasteiger partial charge in [-0.1, -0.05) is 101 Å². The van der Waals surface area contributed by atoms with Crippen LogP contribution in [-0.2, 0) is 15.7 Å². The molecule has 1 atom stereocenters. The first-order chi connectivity index (χ1) is 24.9. The van der Waals surface area contributed by atoms with Gasteiger partial charge in [-0.15, -0.1) is 0 Å². The molecule has 0 radical (unpaired) electrons. The van der Waals surface area contributed by atoms with E-state index < -0.39 is 20.4 Å². The molecule has 0 aliphatic rings. The maximum atomic E-state index is 12.3. The van der Waals surface area contributed by atoms with Crippen LogP contribution in [0.2, 0.25) is 5.04 Å². The number of hydrogen-bond acceptors (Lipinski definition) is 9. The minimum Gasteiger partial charge on any atom is -0.496 e. The number of nitrogens with one attached hydrogen (secondary N) is 2. The van der Waals surface area contributed by atoms with Crippen LogP contribution in [0, 0.1) is 6.92 Å². The van der Waals surface area contributed by atoms with Gasteiger partial charge in [0.15, 0.2) is 5.82 Å². The molecule has 0 aliphatic carbocycles. The van der Waals surface area contributed by atoms with Crippen molar-refractivity contribution in [1.29, 1.82) is 0 Å². The molecule has 3 N–H and O–H groups in total. The van der Waals surface area contributed by atoms with Crippen molar-refractivity contribution in [2.24, 2.45) is 0 Å². The van der Waals surface area contributed by atoms with Crippen molar-refractivity contribution in [2.75, 3.05) is 31.5 Å². The van der Waals surface area contributed by atoms with E-state index in [1.807, 2.05) is 19.1 Å². The number of ether oxygens (including phenoxy) is 2. The van der Waals surface area contributed by atoms with Crippen LogP contribution < -0.4 is 25.7 Å². The number of rotatable bonds is 15. The second-order valence-corrected chi connectivity index (χ2v) is 18.0. The van der Waals surface area contributed by atoms with Crippen molar-refractivity contribution in [2.45, 2.75) is 71.5 Å². The number of carbonyl (C=O) groups is 2. The zero-order valence-corrected chi connectivity index (χ0v) is 31.9. The fourth-order valence-electron chi connectivity index (χ4n) is 6.76. The van der Waals surface area contributed by atoms with Crippen molar-refractivity contribution < 1.29 is 28.6 Å². The Balaban J connectivity index is 1.52. The lowest BCUT2D eigenvalue weighted by atomic mass is 10.1. The summed E-state index contributed by atoms with van der Waals surface area (Å²) in [7, 11) is 0.0290. The number of amides is 1. The highest BCUT2D eigenvalue weighted by Gasteiger charge is 2.50. The molecule has 52 heavy (non-hydrogen) atoms. The van der Waals surface area contributed by atoms with Crippen molar-refractivity contribution in [1.82, 2.24) is 19.7 Å². The Morgan fingerprint density at radius 2 is 1.60 bits per heavy atom. The minimum absolute atomic E-state index is 0.0552. The summed E-state index contributed by atoms with van der Waals surface area (Å²) in [6.45, 7) is 11.5. The van der Waals surface area contributed by atoms with Gasteiger partial charge in [-0.05, 0) is 47.3 Å². The van der Waals surface area contributed by atoms with Crippen LogP contribution in [0.25, 0.3) is 11.0 Å². The molecule has 3 aromatic carbocycles. The standard InChI is InChI=1S/C39H48N6O6Si/c1-8-15-29(22-23-51-52(39(3,4)5,30-16-11-9-12-17-30)31-18-13-10-14-19-31)40-35-34-33(41-37(42-35)43-38(48)50-7)26(2)44-45(34)25-28-21-20-27(36(46)47)24-32(28)49-6/h9-14,16-21,24,29H,8,15,22-23,25H2,1-7H3,(H,46,47)(H2,40,41,42,43,48). The van der Waals surface area contributed by atoms with Gasteiger partial charge < -0.3 is 24.3 Å². The van der Waals surface area contributed by atoms with E-state index in [1.54, 1.807) is 10.7 Å². The average Bonchev–Trinajstić information content (AvgIpc) is 3.44. The second-order valence-electron chi connectivity index (χ2n) is 13.7. The lowest BCUT2D eigenvalue weighted by Gasteiger charge is -2.43. The summed E-state index contributed by atoms with van der Waals surface area (Å²) < 4.78 is 19.4. The van der Waals surface area contributed by atoms with Crippen molar-refractivity contribution in [3.8, 4) is 5.75 Å². The molecule has 0 saturated carbocycles. The molecule has 0 saturated heterocycles. The molecule has 1 unspecified atom stereocenters. The number of fused-ring (bicyclic) bond motifs is 1. The molecule has 1 amide bonds. The van der Waals surface area contributed by atoms with Crippen molar-refractivity contribution in [3.05, 3.63) is 95.7 Å². The number of nitrogens with zero attached hydrogens (tertiary/aromatic N) is 4.